The molecule has 0 aliphatic heterocycles. The number of aliphatic hydroxyl groups is 1. The van der Waals surface area contributed by atoms with E-state index in [4.69, 9.17) is 45.9 Å². The summed E-state index contributed by atoms with van der Waals surface area (Å²) in [4.78, 5) is 142. The molecule has 0 spiro atoms. The van der Waals surface area contributed by atoms with Gasteiger partial charge < -0.3 is 92.7 Å². The number of carbonyl (C=O) groups excluding carboxylic acids is 6. The maximum Gasteiger partial charge on any atom is 0.338 e. The molecule has 6 unspecified atom stereocenters. The van der Waals surface area contributed by atoms with E-state index < -0.39 is 158 Å². The van der Waals surface area contributed by atoms with E-state index in [0.717, 1.165) is 18.2 Å². The molecule has 0 aliphatic carbocycles. The number of phenols is 1. The summed E-state index contributed by atoms with van der Waals surface area (Å²) in [6.45, 7) is -1.21. The van der Waals surface area contributed by atoms with Gasteiger partial charge in [-0.05, 0) is 24.1 Å². The normalized spacial score (nSPS) is 13.2. The Morgan fingerprint density at radius 3 is 1.53 bits per heavy atom. The number of benzene rings is 3. The second-order valence-corrected chi connectivity index (χ2v) is 14.9. The maximum absolute atomic E-state index is 14.5. The molecule has 75 heavy (non-hydrogen) atoms. The monoisotopic (exact) mass is 1050 g/mol. The lowest BCUT2D eigenvalue weighted by atomic mass is 10.0. The molecule has 0 bridgehead atoms. The maximum atomic E-state index is 14.5. The zero-order valence-corrected chi connectivity index (χ0v) is 38.5. The van der Waals surface area contributed by atoms with Crippen LogP contribution in [-0.4, -0.2) is 133 Å². The minimum absolute atomic E-state index is 0.131. The first-order valence-electron chi connectivity index (χ1n) is 20.5. The van der Waals surface area contributed by atoms with Gasteiger partial charge >= 0.3 is 11.7 Å². The summed E-state index contributed by atoms with van der Waals surface area (Å²) in [5, 5.41) is 77.5. The van der Waals surface area contributed by atoms with Gasteiger partial charge in [0.2, 0.25) is 36.5 Å². The topological polar surface area (TPSA) is 631 Å². The van der Waals surface area contributed by atoms with Crippen molar-refractivity contribution < 1.29 is 63.7 Å². The number of amidine groups is 1. The van der Waals surface area contributed by atoms with Crippen LogP contribution in [0.3, 0.4) is 0 Å². The second kappa shape index (κ2) is 25.7. The number of primary amides is 1. The van der Waals surface area contributed by atoms with Gasteiger partial charge in [-0.3, -0.25) is 59.1 Å². The van der Waals surface area contributed by atoms with E-state index in [2.05, 4.69) is 30.6 Å². The Morgan fingerprint density at radius 1 is 0.613 bits per heavy atom. The van der Waals surface area contributed by atoms with Crippen LogP contribution >= 0.6 is 0 Å². The fourth-order valence-corrected chi connectivity index (χ4v) is 6.32. The molecule has 0 aromatic heterocycles. The highest BCUT2D eigenvalue weighted by molar-refractivity contribution is 6.02. The van der Waals surface area contributed by atoms with Gasteiger partial charge in [0, 0.05) is 18.7 Å². The van der Waals surface area contributed by atoms with Crippen LogP contribution < -0.4 is 77.4 Å². The first kappa shape index (κ1) is 58.3. The number of amides is 6. The molecular formula is C38H47N21O16. The van der Waals surface area contributed by atoms with Crippen LogP contribution in [-0.2, 0) is 35.3 Å². The van der Waals surface area contributed by atoms with Crippen molar-refractivity contribution in [2.45, 2.75) is 50.2 Å². The van der Waals surface area contributed by atoms with Gasteiger partial charge in [-0.25, -0.2) is 24.8 Å². The summed E-state index contributed by atoms with van der Waals surface area (Å²) in [5.41, 5.74) is 37.5. The molecule has 37 heteroatoms. The van der Waals surface area contributed by atoms with E-state index in [9.17, 15) is 79.2 Å². The van der Waals surface area contributed by atoms with E-state index in [1.54, 1.807) is 0 Å². The van der Waals surface area contributed by atoms with Crippen molar-refractivity contribution >= 4 is 87.9 Å². The third-order valence-corrected chi connectivity index (χ3v) is 9.42. The molecule has 0 saturated carbocycles. The van der Waals surface area contributed by atoms with Crippen LogP contribution in [0.1, 0.15) is 34.5 Å². The summed E-state index contributed by atoms with van der Waals surface area (Å²) >= 11 is 0. The summed E-state index contributed by atoms with van der Waals surface area (Å²) in [5.74, 6) is -14.2. The molecule has 3 aromatic rings. The number of phenolic OH excluding ortho intramolecular Hbond substituents is 1. The number of carboxylic acids is 1. The number of rotatable bonds is 25. The number of hydrogen-bond donors (Lipinski definition) is 16. The predicted molar refractivity (Wildman–Crippen MR) is 257 cm³/mol. The third kappa shape index (κ3) is 16.3. The van der Waals surface area contributed by atoms with Crippen molar-refractivity contribution in [3.8, 4) is 5.75 Å². The number of aliphatic hydroxyl groups excluding tert-OH is 1. The van der Waals surface area contributed by atoms with Gasteiger partial charge in [-0.15, -0.1) is 0 Å². The highest BCUT2D eigenvalue weighted by Gasteiger charge is 2.39. The van der Waals surface area contributed by atoms with Crippen molar-refractivity contribution in [2.75, 3.05) is 11.5 Å². The van der Waals surface area contributed by atoms with E-state index >= 15 is 0 Å². The Labute approximate surface area is 418 Å². The number of nitro benzene ring substituents is 3. The average molecular weight is 1050 g/mol. The molecule has 0 heterocycles. The molecule has 3 rings (SSSR count). The zero-order chi connectivity index (χ0) is 56.6. The van der Waals surface area contributed by atoms with Crippen molar-refractivity contribution in [3.05, 3.63) is 108 Å². The predicted octanol–water partition coefficient (Wildman–Crippen LogP) is -6.51. The van der Waals surface area contributed by atoms with E-state index in [-0.39, 0.29) is 17.0 Å². The molecule has 0 radical (unpaired) electrons. The van der Waals surface area contributed by atoms with E-state index in [1.807, 2.05) is 16.0 Å². The molecule has 3 aromatic carbocycles. The van der Waals surface area contributed by atoms with Gasteiger partial charge in [0.1, 0.15) is 17.8 Å². The molecule has 6 atom stereocenters. The molecule has 0 aliphatic rings. The van der Waals surface area contributed by atoms with Gasteiger partial charge in [0.25, 0.3) is 35.0 Å². The first-order valence-corrected chi connectivity index (χ1v) is 20.5. The number of anilines is 1. The number of nitro groups is 3. The number of nitrogens with one attached hydrogen (secondary N) is 5. The van der Waals surface area contributed by atoms with Crippen LogP contribution in [0.4, 0.5) is 22.7 Å². The largest absolute Gasteiger partial charge is 0.502 e. The smallest absolute Gasteiger partial charge is 0.338 e. The van der Waals surface area contributed by atoms with Gasteiger partial charge in [0.05, 0.1) is 38.8 Å². The fraction of sp³-hybridized carbons (Fsp3) is 0.237. The third-order valence-electron chi connectivity index (χ3n) is 9.42. The van der Waals surface area contributed by atoms with E-state index in [1.165, 1.54) is 37.3 Å². The standard InChI is InChI=1S/C38H47N21O16/c1-14(39)47-27(32(65)49-26(25(40)62)53-36(41)42)51-34(67)29(55-38(45)46)52-33(66)28(54-37(43)44)50-31(64)23(16-5-3-2-4-6-16)48-30(63)21(13-60)56(12-15-7-8-22(61)19(9-15)58(72)73)24-18(35(68)69)10-17(57(70)71)11-20(24)59(74)75/h2-11,21,23,26-29,60-61H,12-13H2,1H3,(H2,39,47)(H2,40,62)(H,48,63)(H,49,65)(H,50,64)(H,51,67)(H,52,66)(H,68,69)(H4,41,42,53)(H4,43,44,54)(H4,45,46,55). The number of aliphatic imine (C=N–C) groups is 4. The van der Waals surface area contributed by atoms with Crippen LogP contribution in [0.15, 0.2) is 80.6 Å². The fourth-order valence-electron chi connectivity index (χ4n) is 6.32. The second-order valence-electron chi connectivity index (χ2n) is 14.9. The summed E-state index contributed by atoms with van der Waals surface area (Å²) < 4.78 is 0. The van der Waals surface area contributed by atoms with E-state index in [0.29, 0.717) is 17.0 Å². The number of nitrogens with zero attached hydrogens (tertiary/aromatic N) is 8. The Kier molecular flexibility index (Phi) is 20.0. The number of non-ortho nitro benzene ring substituents is 1. The van der Waals surface area contributed by atoms with Gasteiger partial charge in [-0.1, -0.05) is 36.4 Å². The quantitative estimate of drug-likeness (QED) is 0.0162. The highest BCUT2D eigenvalue weighted by Crippen LogP contribution is 2.39. The first-order chi connectivity index (χ1) is 35.1. The number of aromatic carboxylic acids is 1. The number of hydrogen-bond acceptors (Lipinski definition) is 20. The Bertz CT molecular complexity index is 2830. The van der Waals surface area contributed by atoms with Gasteiger partial charge in [-0.2, -0.15) is 0 Å². The highest BCUT2D eigenvalue weighted by atomic mass is 16.6. The van der Waals surface area contributed by atoms with Crippen molar-refractivity contribution in [1.29, 1.82) is 0 Å². The van der Waals surface area contributed by atoms with Crippen molar-refractivity contribution in [2.24, 2.45) is 65.8 Å². The number of carboxylic acid groups (broad SMARTS) is 1. The van der Waals surface area contributed by atoms with Gasteiger partial charge in [0.15, 0.2) is 23.6 Å². The van der Waals surface area contributed by atoms with Crippen LogP contribution in [0.25, 0.3) is 0 Å². The Hall–Kier alpha value is -11.0. The minimum atomic E-state index is -2.31. The summed E-state index contributed by atoms with van der Waals surface area (Å²) in [6, 6.07) is 5.61. The summed E-state index contributed by atoms with van der Waals surface area (Å²) in [7, 11) is 0. The number of nitrogens with two attached hydrogens (primary N) is 8. The van der Waals surface area contributed by atoms with Crippen LogP contribution in [0.2, 0.25) is 0 Å². The molecule has 0 fully saturated rings. The SMILES string of the molecule is CC(N)=NC(NC(=O)C(N=C(N)N)NC(=O)C(N=C(N)N)NC(=O)C(NC(=O)C(CO)N(Cc1ccc(O)c([N+](=O)[O-])c1)c1c(C(=O)O)cc([N+](=O)[O-])cc1[N+](=O)[O-])c1ccccc1)C(=O)NC(N=C(N)N)C(N)=O. The lowest BCUT2D eigenvalue weighted by molar-refractivity contribution is -0.393. The Morgan fingerprint density at radius 2 is 1.09 bits per heavy atom. The van der Waals surface area contributed by atoms with Crippen LogP contribution in [0.5, 0.6) is 5.75 Å². The molecule has 37 nitrogen and oxygen atoms in total. The lowest BCUT2D eigenvalue weighted by Gasteiger charge is -2.33. The minimum Gasteiger partial charge on any atom is -0.502 e. The zero-order valence-electron chi connectivity index (χ0n) is 38.5. The summed E-state index contributed by atoms with van der Waals surface area (Å²) in [6.07, 6.45) is -8.54. The van der Waals surface area contributed by atoms with Crippen LogP contribution in [0, 0.1) is 30.3 Å². The van der Waals surface area contributed by atoms with Crippen molar-refractivity contribution in [3.63, 3.8) is 0 Å². The molecule has 400 valence electrons. The number of carbonyl (C=O) groups is 7. The molecule has 6 amide bonds. The Balaban J connectivity index is 2.15. The molecule has 24 N–H and O–H groups in total. The molecule has 0 saturated heterocycles. The lowest BCUT2D eigenvalue weighted by Crippen LogP contribution is -2.58. The number of guanidine groups is 3. The number of aromatic hydroxyl groups is 1. The average Bonchev–Trinajstić information content (AvgIpc) is 3.31. The molecular weight excluding hydrogens is 1010 g/mol. The van der Waals surface area contributed by atoms with Crippen molar-refractivity contribution in [1.82, 2.24) is 26.6 Å².